The van der Waals surface area contributed by atoms with Crippen molar-refractivity contribution >= 4 is 28.4 Å². The molecule has 6 heteroatoms. The fourth-order valence-electron chi connectivity index (χ4n) is 2.49. The van der Waals surface area contributed by atoms with Gasteiger partial charge in [0.15, 0.2) is 0 Å². The lowest BCUT2D eigenvalue weighted by atomic mass is 10.2. The number of nitrogens with zero attached hydrogens (tertiary/aromatic N) is 3. The lowest BCUT2D eigenvalue weighted by Crippen LogP contribution is -2.26. The van der Waals surface area contributed by atoms with Gasteiger partial charge < -0.3 is 14.5 Å². The predicted octanol–water partition coefficient (Wildman–Crippen LogP) is 2.85. The van der Waals surface area contributed by atoms with Gasteiger partial charge in [-0.05, 0) is 24.6 Å². The van der Waals surface area contributed by atoms with Gasteiger partial charge in [-0.25, -0.2) is 4.98 Å². The molecule has 2 aromatic heterocycles. The Morgan fingerprint density at radius 2 is 2.23 bits per heavy atom. The number of imidazole rings is 1. The summed E-state index contributed by atoms with van der Waals surface area (Å²) in [5.74, 6) is -0.0690. The summed E-state index contributed by atoms with van der Waals surface area (Å²) in [5, 5.41) is 4.63. The molecule has 22 heavy (non-hydrogen) atoms. The molecule has 0 atom stereocenters. The first-order valence-electron chi connectivity index (χ1n) is 7.14. The quantitative estimate of drug-likeness (QED) is 0.736. The van der Waals surface area contributed by atoms with Crippen LogP contribution in [-0.2, 0) is 13.6 Å². The third-order valence-electron chi connectivity index (χ3n) is 3.68. The number of amides is 1. The van der Waals surface area contributed by atoms with Crippen molar-refractivity contribution in [2.75, 3.05) is 6.54 Å². The van der Waals surface area contributed by atoms with Crippen molar-refractivity contribution in [1.29, 1.82) is 0 Å². The molecular formula is C16H17ClN4O. The van der Waals surface area contributed by atoms with Gasteiger partial charge in [-0.1, -0.05) is 17.7 Å². The number of halogens is 1. The van der Waals surface area contributed by atoms with Gasteiger partial charge in [-0.3, -0.25) is 4.79 Å². The van der Waals surface area contributed by atoms with Crippen LogP contribution in [-0.4, -0.2) is 26.6 Å². The topological polar surface area (TPSA) is 51.9 Å². The second-order valence-electron chi connectivity index (χ2n) is 5.20. The fourth-order valence-corrected chi connectivity index (χ4v) is 2.66. The molecule has 0 radical (unpaired) electrons. The number of benzene rings is 1. The number of hydrogen-bond donors (Lipinski definition) is 1. The Hall–Kier alpha value is -2.27. The molecule has 1 amide bonds. The maximum absolute atomic E-state index is 12.3. The summed E-state index contributed by atoms with van der Waals surface area (Å²) in [5.41, 5.74) is 1.59. The molecule has 0 saturated carbocycles. The zero-order valence-corrected chi connectivity index (χ0v) is 13.0. The van der Waals surface area contributed by atoms with Crippen molar-refractivity contribution in [2.24, 2.45) is 7.05 Å². The van der Waals surface area contributed by atoms with Gasteiger partial charge in [0.2, 0.25) is 0 Å². The van der Waals surface area contributed by atoms with Gasteiger partial charge in [-0.15, -0.1) is 0 Å². The largest absolute Gasteiger partial charge is 0.351 e. The van der Waals surface area contributed by atoms with E-state index in [1.165, 1.54) is 0 Å². The lowest BCUT2D eigenvalue weighted by molar-refractivity contribution is 0.0945. The Kier molecular flexibility index (Phi) is 4.15. The number of rotatable bonds is 5. The van der Waals surface area contributed by atoms with Crippen LogP contribution in [0.25, 0.3) is 10.9 Å². The Morgan fingerprint density at radius 3 is 3.00 bits per heavy atom. The molecule has 0 aliphatic heterocycles. The highest BCUT2D eigenvalue weighted by atomic mass is 35.5. The summed E-state index contributed by atoms with van der Waals surface area (Å²) in [6.45, 7) is 1.46. The molecule has 2 heterocycles. The van der Waals surface area contributed by atoms with E-state index >= 15 is 0 Å². The molecule has 0 bridgehead atoms. The maximum atomic E-state index is 12.3. The molecule has 0 spiro atoms. The van der Waals surface area contributed by atoms with Crippen LogP contribution in [0.4, 0.5) is 0 Å². The minimum Gasteiger partial charge on any atom is -0.351 e. The molecular weight excluding hydrogens is 300 g/mol. The van der Waals surface area contributed by atoms with E-state index in [0.717, 1.165) is 23.9 Å². The summed E-state index contributed by atoms with van der Waals surface area (Å²) in [6.07, 6.45) is 6.29. The first-order chi connectivity index (χ1) is 10.6. The molecule has 0 saturated heterocycles. The second-order valence-corrected chi connectivity index (χ2v) is 5.64. The smallest absolute Gasteiger partial charge is 0.267 e. The minimum absolute atomic E-state index is 0.0690. The number of nitrogens with one attached hydrogen (secondary N) is 1. The van der Waals surface area contributed by atoms with Crippen LogP contribution in [0.3, 0.4) is 0 Å². The normalized spacial score (nSPS) is 11.0. The molecule has 0 unspecified atom stereocenters. The first-order valence-corrected chi connectivity index (χ1v) is 7.52. The Labute approximate surface area is 133 Å². The Balaban J connectivity index is 1.63. The van der Waals surface area contributed by atoms with E-state index in [0.29, 0.717) is 17.3 Å². The van der Waals surface area contributed by atoms with Gasteiger partial charge in [0.1, 0.15) is 5.69 Å². The summed E-state index contributed by atoms with van der Waals surface area (Å²) in [6, 6.07) is 7.51. The van der Waals surface area contributed by atoms with Crippen molar-refractivity contribution in [3.63, 3.8) is 0 Å². The highest BCUT2D eigenvalue weighted by Crippen LogP contribution is 2.22. The van der Waals surface area contributed by atoms with E-state index in [4.69, 9.17) is 11.6 Å². The second kappa shape index (κ2) is 6.23. The van der Waals surface area contributed by atoms with Crippen molar-refractivity contribution in [2.45, 2.75) is 13.0 Å². The minimum atomic E-state index is -0.0690. The summed E-state index contributed by atoms with van der Waals surface area (Å²) in [7, 11) is 1.87. The van der Waals surface area contributed by atoms with Gasteiger partial charge >= 0.3 is 0 Å². The van der Waals surface area contributed by atoms with Crippen LogP contribution in [0.15, 0.2) is 43.0 Å². The Morgan fingerprint density at radius 1 is 1.36 bits per heavy atom. The molecule has 3 aromatic rings. The van der Waals surface area contributed by atoms with Crippen LogP contribution in [0.2, 0.25) is 5.02 Å². The third-order valence-corrected chi connectivity index (χ3v) is 3.91. The molecule has 0 aliphatic rings. The molecule has 3 rings (SSSR count). The predicted molar refractivity (Wildman–Crippen MR) is 87.1 cm³/mol. The average molecular weight is 317 g/mol. The monoisotopic (exact) mass is 316 g/mol. The molecule has 5 nitrogen and oxygen atoms in total. The van der Waals surface area contributed by atoms with E-state index in [2.05, 4.69) is 10.3 Å². The van der Waals surface area contributed by atoms with E-state index in [9.17, 15) is 4.79 Å². The van der Waals surface area contributed by atoms with Crippen LogP contribution in [0, 0.1) is 0 Å². The van der Waals surface area contributed by atoms with Crippen molar-refractivity contribution in [1.82, 2.24) is 19.4 Å². The first kappa shape index (κ1) is 14.7. The maximum Gasteiger partial charge on any atom is 0.267 e. The lowest BCUT2D eigenvalue weighted by Gasteiger charge is -2.07. The van der Waals surface area contributed by atoms with Crippen LogP contribution in [0.5, 0.6) is 0 Å². The van der Waals surface area contributed by atoms with Gasteiger partial charge in [0.25, 0.3) is 5.91 Å². The fraction of sp³-hybridized carbons (Fsp3) is 0.250. The zero-order chi connectivity index (χ0) is 15.5. The highest BCUT2D eigenvalue weighted by Gasteiger charge is 2.12. The summed E-state index contributed by atoms with van der Waals surface area (Å²) >= 11 is 6.01. The molecule has 0 aliphatic carbocycles. The summed E-state index contributed by atoms with van der Waals surface area (Å²) in [4.78, 5) is 16.3. The van der Waals surface area contributed by atoms with Crippen LogP contribution >= 0.6 is 11.6 Å². The Bertz CT molecular complexity index is 792. The number of hydrogen-bond acceptors (Lipinski definition) is 2. The summed E-state index contributed by atoms with van der Waals surface area (Å²) < 4.78 is 3.86. The number of carbonyl (C=O) groups is 1. The van der Waals surface area contributed by atoms with Gasteiger partial charge in [0, 0.05) is 48.5 Å². The van der Waals surface area contributed by atoms with Crippen LogP contribution in [0.1, 0.15) is 16.9 Å². The molecule has 1 aromatic carbocycles. The number of fused-ring (bicyclic) bond motifs is 1. The van der Waals surface area contributed by atoms with Crippen molar-refractivity contribution in [3.05, 3.63) is 53.7 Å². The van der Waals surface area contributed by atoms with E-state index in [-0.39, 0.29) is 5.91 Å². The van der Waals surface area contributed by atoms with E-state index in [1.54, 1.807) is 12.5 Å². The van der Waals surface area contributed by atoms with Gasteiger partial charge in [0.05, 0.1) is 6.33 Å². The molecule has 0 fully saturated rings. The highest BCUT2D eigenvalue weighted by molar-refractivity contribution is 6.31. The van der Waals surface area contributed by atoms with Crippen LogP contribution < -0.4 is 5.32 Å². The third kappa shape index (κ3) is 2.99. The van der Waals surface area contributed by atoms with Crippen molar-refractivity contribution in [3.8, 4) is 0 Å². The number of carbonyl (C=O) groups excluding carboxylic acids is 1. The molecule has 1 N–H and O–H groups in total. The van der Waals surface area contributed by atoms with E-state index < -0.39 is 0 Å². The number of aryl methyl sites for hydroxylation is 2. The standard InChI is InChI=1S/C16H17ClN4O/c1-20-14-10-13(17)4-3-12(14)9-15(20)16(22)19-5-2-7-21-8-6-18-11-21/h3-4,6,8-11H,2,5,7H2,1H3,(H,19,22). The van der Waals surface area contributed by atoms with Crippen molar-refractivity contribution < 1.29 is 4.79 Å². The molecule has 114 valence electrons. The SMILES string of the molecule is Cn1c(C(=O)NCCCn2ccnc2)cc2ccc(Cl)cc21. The average Bonchev–Trinajstić information content (AvgIpc) is 3.12. The number of aromatic nitrogens is 3. The zero-order valence-electron chi connectivity index (χ0n) is 12.3. The van der Waals surface area contributed by atoms with Gasteiger partial charge in [-0.2, -0.15) is 0 Å². The van der Waals surface area contributed by atoms with E-state index in [1.807, 2.05) is 46.6 Å².